The molecule has 30 heavy (non-hydrogen) atoms. The van der Waals surface area contributed by atoms with Crippen LogP contribution in [0.2, 0.25) is 0 Å². The molecule has 164 valence electrons. The van der Waals surface area contributed by atoms with E-state index in [9.17, 15) is 4.79 Å². The molecule has 0 aliphatic heterocycles. The molecule has 0 aliphatic rings. The molecule has 2 aromatic rings. The Bertz CT molecular complexity index is 734. The van der Waals surface area contributed by atoms with Gasteiger partial charge >= 0.3 is 5.97 Å². The van der Waals surface area contributed by atoms with E-state index >= 15 is 0 Å². The van der Waals surface area contributed by atoms with E-state index in [1.165, 1.54) is 55.2 Å². The topological polar surface area (TPSA) is 35.5 Å². The highest BCUT2D eigenvalue weighted by molar-refractivity contribution is 5.74. The molecule has 0 spiro atoms. The lowest BCUT2D eigenvalue weighted by atomic mass is 9.99. The van der Waals surface area contributed by atoms with Crippen LogP contribution in [0.1, 0.15) is 83.5 Å². The Balaban J connectivity index is 1.86. The molecule has 3 nitrogen and oxygen atoms in total. The van der Waals surface area contributed by atoms with Gasteiger partial charge in [0.2, 0.25) is 0 Å². The molecule has 0 heterocycles. The second-order valence-electron chi connectivity index (χ2n) is 8.01. The molecule has 2 aromatic carbocycles. The zero-order valence-electron chi connectivity index (χ0n) is 19.2. The molecule has 0 saturated carbocycles. The van der Waals surface area contributed by atoms with Crippen molar-refractivity contribution in [1.82, 2.24) is 0 Å². The Morgan fingerprint density at radius 2 is 1.37 bits per heavy atom. The maximum atomic E-state index is 12.0. The third-order valence-corrected chi connectivity index (χ3v) is 5.53. The van der Waals surface area contributed by atoms with Crippen LogP contribution in [0.25, 0.3) is 11.1 Å². The fourth-order valence-electron chi connectivity index (χ4n) is 3.58. The first-order valence-corrected chi connectivity index (χ1v) is 11.6. The van der Waals surface area contributed by atoms with E-state index in [0.29, 0.717) is 6.61 Å². The van der Waals surface area contributed by atoms with Gasteiger partial charge in [0.15, 0.2) is 6.10 Å². The molecule has 0 aromatic heterocycles. The number of rotatable bonds is 13. The second-order valence-corrected chi connectivity index (χ2v) is 8.01. The summed E-state index contributed by atoms with van der Waals surface area (Å²) in [4.78, 5) is 12.0. The maximum Gasteiger partial charge on any atom is 0.335 e. The minimum absolute atomic E-state index is 0.297. The van der Waals surface area contributed by atoms with E-state index in [4.69, 9.17) is 9.47 Å². The second kappa shape index (κ2) is 13.2. The average Bonchev–Trinajstić information content (AvgIpc) is 2.77. The average molecular weight is 411 g/mol. The molecule has 0 fully saturated rings. The summed E-state index contributed by atoms with van der Waals surface area (Å²) in [6.07, 6.45) is 8.33. The maximum absolute atomic E-state index is 12.0. The molecule has 0 radical (unpaired) electrons. The molecule has 2 atom stereocenters. The molecule has 0 amide bonds. The number of esters is 1. The number of carbonyl (C=O) groups excluding carboxylic acids is 1. The zero-order valence-corrected chi connectivity index (χ0v) is 19.2. The van der Waals surface area contributed by atoms with E-state index < -0.39 is 6.10 Å². The third-order valence-electron chi connectivity index (χ3n) is 5.53. The minimum Gasteiger partial charge on any atom is -0.456 e. The van der Waals surface area contributed by atoms with Crippen molar-refractivity contribution >= 4 is 5.97 Å². The van der Waals surface area contributed by atoms with Gasteiger partial charge in [-0.3, -0.25) is 0 Å². The summed E-state index contributed by atoms with van der Waals surface area (Å²) < 4.78 is 10.8. The van der Waals surface area contributed by atoms with Crippen molar-refractivity contribution in [3.05, 3.63) is 59.7 Å². The van der Waals surface area contributed by atoms with Crippen molar-refractivity contribution in [2.45, 2.75) is 84.8 Å². The van der Waals surface area contributed by atoms with Gasteiger partial charge in [-0.25, -0.2) is 4.79 Å². The number of hydrogen-bond acceptors (Lipinski definition) is 3. The number of unbranched alkanes of at least 4 members (excludes halogenated alkanes) is 5. The summed E-state index contributed by atoms with van der Waals surface area (Å²) >= 11 is 0. The lowest BCUT2D eigenvalue weighted by Gasteiger charge is -2.17. The minimum atomic E-state index is -0.536. The van der Waals surface area contributed by atoms with Gasteiger partial charge < -0.3 is 9.47 Å². The highest BCUT2D eigenvalue weighted by Gasteiger charge is 2.18. The van der Waals surface area contributed by atoms with Gasteiger partial charge in [-0.1, -0.05) is 87.6 Å². The van der Waals surface area contributed by atoms with Crippen molar-refractivity contribution in [3.8, 4) is 11.1 Å². The highest BCUT2D eigenvalue weighted by atomic mass is 16.6. The smallest absolute Gasteiger partial charge is 0.335 e. The third kappa shape index (κ3) is 7.95. The Morgan fingerprint density at radius 1 is 0.800 bits per heavy atom. The normalized spacial score (nSPS) is 13.1. The van der Waals surface area contributed by atoms with Gasteiger partial charge in [0, 0.05) is 6.61 Å². The molecule has 0 saturated heterocycles. The Labute approximate surface area is 182 Å². The summed E-state index contributed by atoms with van der Waals surface area (Å²) in [5, 5.41) is 0. The number of ether oxygens (including phenoxy) is 2. The largest absolute Gasteiger partial charge is 0.456 e. The van der Waals surface area contributed by atoms with Crippen LogP contribution in [0.5, 0.6) is 0 Å². The SMILES string of the molecule is CCCCCCCCc1ccc(-c2ccc(C(C)OC(=O)C(C)OCC)cc2)cc1. The fraction of sp³-hybridized carbons (Fsp3) is 0.519. The van der Waals surface area contributed by atoms with E-state index in [2.05, 4.69) is 43.3 Å². The van der Waals surface area contributed by atoms with Crippen LogP contribution in [0, 0.1) is 0 Å². The molecule has 0 bridgehead atoms. The standard InChI is InChI=1S/C27H38O3/c1-5-7-8-9-10-11-12-23-13-15-25(16-14-23)26-19-17-24(18-20-26)21(3)30-27(28)22(4)29-6-2/h13-22H,5-12H2,1-4H3. The Hall–Kier alpha value is -2.13. The van der Waals surface area contributed by atoms with Crippen molar-refractivity contribution in [2.75, 3.05) is 6.61 Å². The molecule has 0 aliphatic carbocycles. The first-order chi connectivity index (χ1) is 14.5. The lowest BCUT2D eigenvalue weighted by Crippen LogP contribution is -2.24. The van der Waals surface area contributed by atoms with Crippen molar-refractivity contribution in [3.63, 3.8) is 0 Å². The van der Waals surface area contributed by atoms with Crippen LogP contribution in [0.3, 0.4) is 0 Å². The van der Waals surface area contributed by atoms with E-state index in [1.807, 2.05) is 26.0 Å². The molecule has 2 unspecified atom stereocenters. The first kappa shape index (κ1) is 24.1. The van der Waals surface area contributed by atoms with Crippen LogP contribution >= 0.6 is 0 Å². The van der Waals surface area contributed by atoms with Crippen LogP contribution in [0.4, 0.5) is 0 Å². The van der Waals surface area contributed by atoms with E-state index in [0.717, 1.165) is 12.0 Å². The zero-order chi connectivity index (χ0) is 21.8. The lowest BCUT2D eigenvalue weighted by molar-refractivity contribution is -0.160. The number of aryl methyl sites for hydroxylation is 1. The van der Waals surface area contributed by atoms with E-state index in [1.54, 1.807) is 6.92 Å². The first-order valence-electron chi connectivity index (χ1n) is 11.6. The molecule has 3 heteroatoms. The predicted octanol–water partition coefficient (Wildman–Crippen LogP) is 7.29. The highest BCUT2D eigenvalue weighted by Crippen LogP contribution is 2.24. The van der Waals surface area contributed by atoms with Crippen molar-refractivity contribution < 1.29 is 14.3 Å². The van der Waals surface area contributed by atoms with Gasteiger partial charge in [-0.2, -0.15) is 0 Å². The summed E-state index contributed by atoms with van der Waals surface area (Å²) in [6, 6.07) is 17.1. The number of hydrogen-bond donors (Lipinski definition) is 0. The van der Waals surface area contributed by atoms with Crippen molar-refractivity contribution in [2.24, 2.45) is 0 Å². The van der Waals surface area contributed by atoms with Gasteiger partial charge in [0.25, 0.3) is 0 Å². The van der Waals surface area contributed by atoms with Gasteiger partial charge in [0.05, 0.1) is 0 Å². The van der Waals surface area contributed by atoms with Gasteiger partial charge in [0.1, 0.15) is 6.10 Å². The molecule has 0 N–H and O–H groups in total. The van der Waals surface area contributed by atoms with Crippen LogP contribution in [-0.4, -0.2) is 18.7 Å². The van der Waals surface area contributed by atoms with Crippen LogP contribution in [0.15, 0.2) is 48.5 Å². The van der Waals surface area contributed by atoms with Crippen LogP contribution in [-0.2, 0) is 20.7 Å². The fourth-order valence-corrected chi connectivity index (χ4v) is 3.58. The van der Waals surface area contributed by atoms with Gasteiger partial charge in [-0.15, -0.1) is 0 Å². The van der Waals surface area contributed by atoms with Crippen molar-refractivity contribution in [1.29, 1.82) is 0 Å². The summed E-state index contributed by atoms with van der Waals surface area (Å²) in [5.74, 6) is -0.325. The summed E-state index contributed by atoms with van der Waals surface area (Å²) in [7, 11) is 0. The quantitative estimate of drug-likeness (QED) is 0.257. The molecular formula is C27H38O3. The molecular weight excluding hydrogens is 372 g/mol. The molecule has 2 rings (SSSR count). The summed E-state index contributed by atoms with van der Waals surface area (Å²) in [6.45, 7) is 8.24. The van der Waals surface area contributed by atoms with E-state index in [-0.39, 0.29) is 12.1 Å². The van der Waals surface area contributed by atoms with Crippen LogP contribution < -0.4 is 0 Å². The Morgan fingerprint density at radius 3 is 1.97 bits per heavy atom. The number of benzene rings is 2. The number of carbonyl (C=O) groups is 1. The Kier molecular flexibility index (Phi) is 10.6. The predicted molar refractivity (Wildman–Crippen MR) is 125 cm³/mol. The van der Waals surface area contributed by atoms with Gasteiger partial charge in [-0.05, 0) is 55.9 Å². The summed E-state index contributed by atoms with van der Waals surface area (Å²) in [5.41, 5.74) is 4.78. The monoisotopic (exact) mass is 410 g/mol.